The van der Waals surface area contributed by atoms with E-state index in [0.29, 0.717) is 36.3 Å². The number of hydrogen-bond donors (Lipinski definition) is 1. The van der Waals surface area contributed by atoms with Crippen molar-refractivity contribution in [2.45, 2.75) is 26.3 Å². The molecule has 6 nitrogen and oxygen atoms in total. The fourth-order valence-corrected chi connectivity index (χ4v) is 1.91. The van der Waals surface area contributed by atoms with Crippen LogP contribution in [0.1, 0.15) is 30.1 Å². The van der Waals surface area contributed by atoms with Crippen LogP contribution in [0.4, 0.5) is 5.69 Å². The zero-order valence-corrected chi connectivity index (χ0v) is 11.3. The van der Waals surface area contributed by atoms with Crippen LogP contribution in [-0.2, 0) is 11.3 Å². The maximum absolute atomic E-state index is 11.7. The number of unbranched alkanes of at least 4 members (excludes halogenated alkanes) is 1. The van der Waals surface area contributed by atoms with Crippen LogP contribution in [0.5, 0.6) is 0 Å². The summed E-state index contributed by atoms with van der Waals surface area (Å²) in [6, 6.07) is 0. The first-order valence-electron chi connectivity index (χ1n) is 6.39. The zero-order chi connectivity index (χ0) is 14.5. The van der Waals surface area contributed by atoms with E-state index >= 15 is 0 Å². The predicted octanol–water partition coefficient (Wildman–Crippen LogP) is 1.60. The van der Waals surface area contributed by atoms with Crippen molar-refractivity contribution in [1.82, 2.24) is 14.8 Å². The molecule has 0 aliphatic carbocycles. The molecule has 104 valence electrons. The van der Waals surface area contributed by atoms with Crippen molar-refractivity contribution in [2.24, 2.45) is 0 Å². The van der Waals surface area contributed by atoms with Gasteiger partial charge in [0.2, 0.25) is 0 Å². The van der Waals surface area contributed by atoms with Gasteiger partial charge in [-0.15, -0.1) is 12.3 Å². The van der Waals surface area contributed by atoms with E-state index in [0.717, 1.165) is 6.42 Å². The Balaban J connectivity index is 2.34. The van der Waals surface area contributed by atoms with Crippen molar-refractivity contribution in [3.05, 3.63) is 18.0 Å². The Bertz CT molecular complexity index is 670. The number of hydrogen-bond acceptors (Lipinski definition) is 5. The average Bonchev–Trinajstić information content (AvgIpc) is 2.84. The lowest BCUT2D eigenvalue weighted by Gasteiger charge is -2.06. The normalized spacial score (nSPS) is 10.4. The number of rotatable bonds is 5. The second-order valence-electron chi connectivity index (χ2n) is 4.22. The first kappa shape index (κ1) is 13.9. The molecule has 0 unspecified atom stereocenters. The van der Waals surface area contributed by atoms with Crippen LogP contribution >= 0.6 is 0 Å². The molecule has 6 heteroatoms. The van der Waals surface area contributed by atoms with E-state index in [4.69, 9.17) is 16.9 Å². The van der Waals surface area contributed by atoms with Crippen molar-refractivity contribution in [3.8, 4) is 12.3 Å². The summed E-state index contributed by atoms with van der Waals surface area (Å²) in [4.78, 5) is 16.0. The number of nitrogen functional groups attached to an aromatic ring is 1. The predicted molar refractivity (Wildman–Crippen MR) is 76.0 cm³/mol. The third-order valence-electron chi connectivity index (χ3n) is 2.89. The van der Waals surface area contributed by atoms with Crippen molar-refractivity contribution < 1.29 is 9.53 Å². The average molecular weight is 272 g/mol. The molecule has 0 spiro atoms. The largest absolute Gasteiger partial charge is 0.462 e. The van der Waals surface area contributed by atoms with Gasteiger partial charge in [-0.2, -0.15) is 5.10 Å². The van der Waals surface area contributed by atoms with E-state index in [-0.39, 0.29) is 5.56 Å². The molecule has 20 heavy (non-hydrogen) atoms. The van der Waals surface area contributed by atoms with Gasteiger partial charge in [-0.05, 0) is 13.3 Å². The number of pyridine rings is 1. The standard InChI is InChI=1S/C14H16N4O2/c1-3-5-6-7-18-13-10(9-17-18)12(15)11(8-16-13)14(19)20-4-2/h1,8-9H,4-7H2,2H3,(H2,15,16). The smallest absolute Gasteiger partial charge is 0.341 e. The van der Waals surface area contributed by atoms with Crippen LogP contribution in [0.15, 0.2) is 12.4 Å². The lowest BCUT2D eigenvalue weighted by molar-refractivity contribution is 0.0527. The number of fused-ring (bicyclic) bond motifs is 1. The molecule has 0 aliphatic rings. The van der Waals surface area contributed by atoms with Crippen LogP contribution in [0.3, 0.4) is 0 Å². The third-order valence-corrected chi connectivity index (χ3v) is 2.89. The van der Waals surface area contributed by atoms with E-state index in [1.165, 1.54) is 6.20 Å². The SMILES string of the molecule is C#CCCCn1ncc2c(N)c(C(=O)OCC)cnc21. The fraction of sp³-hybridized carbons (Fsp3) is 0.357. The number of terminal acetylenes is 1. The summed E-state index contributed by atoms with van der Waals surface area (Å²) < 4.78 is 6.67. The topological polar surface area (TPSA) is 83.0 Å². The number of carbonyl (C=O) groups is 1. The van der Waals surface area contributed by atoms with Crippen molar-refractivity contribution >= 4 is 22.7 Å². The minimum absolute atomic E-state index is 0.266. The highest BCUT2D eigenvalue weighted by Crippen LogP contribution is 2.23. The van der Waals surface area contributed by atoms with Gasteiger partial charge in [0.1, 0.15) is 5.56 Å². The van der Waals surface area contributed by atoms with Gasteiger partial charge in [-0.1, -0.05) is 0 Å². The molecule has 2 N–H and O–H groups in total. The van der Waals surface area contributed by atoms with E-state index < -0.39 is 5.97 Å². The Morgan fingerprint density at radius 3 is 3.05 bits per heavy atom. The number of ether oxygens (including phenoxy) is 1. The van der Waals surface area contributed by atoms with E-state index in [9.17, 15) is 4.79 Å². The molecule has 0 radical (unpaired) electrons. The Kier molecular flexibility index (Phi) is 4.20. The molecular formula is C14H16N4O2. The molecule has 0 amide bonds. The van der Waals surface area contributed by atoms with E-state index in [2.05, 4.69) is 16.0 Å². The van der Waals surface area contributed by atoms with Crippen molar-refractivity contribution in [1.29, 1.82) is 0 Å². The maximum Gasteiger partial charge on any atom is 0.341 e. The van der Waals surface area contributed by atoms with Gasteiger partial charge in [0, 0.05) is 19.2 Å². The van der Waals surface area contributed by atoms with Crippen LogP contribution in [-0.4, -0.2) is 27.3 Å². The molecule has 2 heterocycles. The van der Waals surface area contributed by atoms with Crippen molar-refractivity contribution in [3.63, 3.8) is 0 Å². The van der Waals surface area contributed by atoms with Gasteiger partial charge in [-0.25, -0.2) is 14.5 Å². The molecular weight excluding hydrogens is 256 g/mol. The molecule has 0 saturated carbocycles. The molecule has 0 aliphatic heterocycles. The van der Waals surface area contributed by atoms with Gasteiger partial charge >= 0.3 is 5.97 Å². The molecule has 2 rings (SSSR count). The van der Waals surface area contributed by atoms with Crippen molar-refractivity contribution in [2.75, 3.05) is 12.3 Å². The summed E-state index contributed by atoms with van der Waals surface area (Å²) in [7, 11) is 0. The third kappa shape index (κ3) is 2.57. The van der Waals surface area contributed by atoms with E-state index in [1.807, 2.05) is 0 Å². The minimum atomic E-state index is -0.473. The number of aromatic nitrogens is 3. The quantitative estimate of drug-likeness (QED) is 0.508. The fourth-order valence-electron chi connectivity index (χ4n) is 1.91. The summed E-state index contributed by atoms with van der Waals surface area (Å²) in [5.74, 6) is 2.11. The van der Waals surface area contributed by atoms with Gasteiger partial charge in [0.25, 0.3) is 0 Å². The lowest BCUT2D eigenvalue weighted by Crippen LogP contribution is -2.09. The number of anilines is 1. The molecule has 2 aromatic rings. The molecule has 2 aromatic heterocycles. The molecule has 0 aromatic carbocycles. The Morgan fingerprint density at radius 2 is 2.35 bits per heavy atom. The first-order chi connectivity index (χ1) is 9.69. The Morgan fingerprint density at radius 1 is 1.55 bits per heavy atom. The lowest BCUT2D eigenvalue weighted by atomic mass is 10.2. The summed E-state index contributed by atoms with van der Waals surface area (Å²) in [6.45, 7) is 2.70. The summed E-state index contributed by atoms with van der Waals surface area (Å²) in [5, 5.41) is 4.88. The summed E-state index contributed by atoms with van der Waals surface area (Å²) in [6.07, 6.45) is 9.75. The highest BCUT2D eigenvalue weighted by Gasteiger charge is 2.16. The summed E-state index contributed by atoms with van der Waals surface area (Å²) >= 11 is 0. The second-order valence-corrected chi connectivity index (χ2v) is 4.22. The number of carbonyl (C=O) groups excluding carboxylic acids is 1. The van der Waals surface area contributed by atoms with Crippen LogP contribution in [0.2, 0.25) is 0 Å². The number of esters is 1. The highest BCUT2D eigenvalue weighted by molar-refractivity contribution is 6.03. The van der Waals surface area contributed by atoms with Crippen LogP contribution in [0, 0.1) is 12.3 Å². The monoisotopic (exact) mass is 272 g/mol. The highest BCUT2D eigenvalue weighted by atomic mass is 16.5. The van der Waals surface area contributed by atoms with Crippen LogP contribution < -0.4 is 5.73 Å². The maximum atomic E-state index is 11.7. The van der Waals surface area contributed by atoms with Gasteiger partial charge in [-0.3, -0.25) is 0 Å². The summed E-state index contributed by atoms with van der Waals surface area (Å²) in [5.41, 5.74) is 7.25. The Hall–Kier alpha value is -2.55. The first-order valence-corrected chi connectivity index (χ1v) is 6.39. The second kappa shape index (κ2) is 6.06. The number of nitrogens with zero attached hydrogens (tertiary/aromatic N) is 3. The zero-order valence-electron chi connectivity index (χ0n) is 11.3. The van der Waals surface area contributed by atoms with Gasteiger partial charge < -0.3 is 10.5 Å². The molecule has 0 atom stereocenters. The molecule has 0 saturated heterocycles. The molecule has 0 fully saturated rings. The number of aryl methyl sites for hydroxylation is 1. The minimum Gasteiger partial charge on any atom is -0.462 e. The molecule has 0 bridgehead atoms. The number of nitrogens with two attached hydrogens (primary N) is 1. The van der Waals surface area contributed by atoms with Gasteiger partial charge in [0.15, 0.2) is 5.65 Å². The van der Waals surface area contributed by atoms with Gasteiger partial charge in [0.05, 0.1) is 23.9 Å². The van der Waals surface area contributed by atoms with E-state index in [1.54, 1.807) is 17.8 Å². The Labute approximate surface area is 116 Å². The van der Waals surface area contributed by atoms with Crippen LogP contribution in [0.25, 0.3) is 11.0 Å².